The summed E-state index contributed by atoms with van der Waals surface area (Å²) in [7, 11) is 0. The van der Waals surface area contributed by atoms with Crippen LogP contribution in [-0.2, 0) is 21.9 Å². The Morgan fingerprint density at radius 3 is 1.77 bits per heavy atom. The van der Waals surface area contributed by atoms with E-state index in [2.05, 4.69) is 4.74 Å². The molecular weight excluding hydrogens is 318 g/mol. The summed E-state index contributed by atoms with van der Waals surface area (Å²) < 4.78 is 80.1. The molecule has 0 unspecified atom stereocenters. The zero-order chi connectivity index (χ0) is 17.1. The number of carbonyl (C=O) groups excluding carboxylic acids is 2. The van der Waals surface area contributed by atoms with Gasteiger partial charge in [-0.25, -0.2) is 0 Å². The number of ether oxygens (including phenoxy) is 1. The smallest absolute Gasteiger partial charge is 0.416 e. The third-order valence-corrected chi connectivity index (χ3v) is 2.52. The Morgan fingerprint density at radius 2 is 1.41 bits per heavy atom. The molecule has 22 heavy (non-hydrogen) atoms. The monoisotopic (exact) mass is 328 g/mol. The highest BCUT2D eigenvalue weighted by atomic mass is 19.4. The lowest BCUT2D eigenvalue weighted by atomic mass is 10.0. The molecule has 0 radical (unpaired) electrons. The number of Topliss-reactive ketones (excluding diaryl/α,β-unsaturated/α-hetero) is 1. The summed E-state index contributed by atoms with van der Waals surface area (Å²) >= 11 is 0. The van der Waals surface area contributed by atoms with Crippen molar-refractivity contribution in [2.24, 2.45) is 0 Å². The van der Waals surface area contributed by atoms with Crippen LogP contribution in [0.2, 0.25) is 0 Å². The van der Waals surface area contributed by atoms with Crippen LogP contribution < -0.4 is 0 Å². The molecule has 0 spiro atoms. The second-order valence-corrected chi connectivity index (χ2v) is 4.20. The van der Waals surface area contributed by atoms with Gasteiger partial charge in [-0.15, -0.1) is 0 Å². The van der Waals surface area contributed by atoms with Gasteiger partial charge in [-0.05, 0) is 25.1 Å². The number of benzene rings is 1. The SMILES string of the molecule is CCOC(=O)CC(=O)c1cc(C(F)(F)F)cc(C(F)(F)F)c1. The molecule has 3 nitrogen and oxygen atoms in total. The topological polar surface area (TPSA) is 43.4 Å². The van der Waals surface area contributed by atoms with E-state index < -0.39 is 47.2 Å². The van der Waals surface area contributed by atoms with Crippen LogP contribution in [0, 0.1) is 0 Å². The van der Waals surface area contributed by atoms with E-state index in [-0.39, 0.29) is 24.8 Å². The molecule has 1 rings (SSSR count). The number of alkyl halides is 6. The van der Waals surface area contributed by atoms with Gasteiger partial charge in [0.15, 0.2) is 5.78 Å². The van der Waals surface area contributed by atoms with Gasteiger partial charge in [0.2, 0.25) is 0 Å². The first-order valence-electron chi connectivity index (χ1n) is 5.93. The molecule has 0 saturated carbocycles. The van der Waals surface area contributed by atoms with Crippen molar-refractivity contribution in [1.82, 2.24) is 0 Å². The Balaban J connectivity index is 3.24. The molecule has 0 amide bonds. The molecule has 1 aromatic carbocycles. The maximum atomic E-state index is 12.6. The second kappa shape index (κ2) is 6.37. The van der Waals surface area contributed by atoms with E-state index in [1.54, 1.807) is 0 Å². The summed E-state index contributed by atoms with van der Waals surface area (Å²) in [5.74, 6) is -2.21. The summed E-state index contributed by atoms with van der Waals surface area (Å²) in [4.78, 5) is 22.8. The van der Waals surface area contributed by atoms with Crippen molar-refractivity contribution in [1.29, 1.82) is 0 Å². The minimum Gasteiger partial charge on any atom is -0.466 e. The van der Waals surface area contributed by atoms with Gasteiger partial charge < -0.3 is 4.74 Å². The lowest BCUT2D eigenvalue weighted by molar-refractivity contribution is -0.143. The minimum absolute atomic E-state index is 0.0670. The molecule has 122 valence electrons. The number of hydrogen-bond acceptors (Lipinski definition) is 3. The van der Waals surface area contributed by atoms with Crippen LogP contribution in [0.15, 0.2) is 18.2 Å². The highest BCUT2D eigenvalue weighted by molar-refractivity contribution is 6.06. The Morgan fingerprint density at radius 1 is 0.955 bits per heavy atom. The van der Waals surface area contributed by atoms with E-state index in [1.165, 1.54) is 6.92 Å². The summed E-state index contributed by atoms with van der Waals surface area (Å²) in [6.07, 6.45) is -11.0. The Bertz CT molecular complexity index is 542. The van der Waals surface area contributed by atoms with Crippen molar-refractivity contribution in [2.45, 2.75) is 25.7 Å². The van der Waals surface area contributed by atoms with Crippen LogP contribution in [0.1, 0.15) is 34.8 Å². The van der Waals surface area contributed by atoms with Gasteiger partial charge in [0, 0.05) is 5.56 Å². The number of carbonyl (C=O) groups is 2. The van der Waals surface area contributed by atoms with Gasteiger partial charge in [0.1, 0.15) is 6.42 Å². The van der Waals surface area contributed by atoms with Crippen molar-refractivity contribution in [3.05, 3.63) is 34.9 Å². The van der Waals surface area contributed by atoms with Gasteiger partial charge in [-0.2, -0.15) is 26.3 Å². The first-order chi connectivity index (χ1) is 9.95. The third-order valence-electron chi connectivity index (χ3n) is 2.52. The lowest BCUT2D eigenvalue weighted by Crippen LogP contribution is -2.16. The molecule has 0 aliphatic heterocycles. The minimum atomic E-state index is -5.06. The van der Waals surface area contributed by atoms with Crippen LogP contribution in [0.25, 0.3) is 0 Å². The van der Waals surface area contributed by atoms with Crippen LogP contribution in [0.4, 0.5) is 26.3 Å². The Hall–Kier alpha value is -2.06. The molecule has 0 fully saturated rings. The molecule has 0 N–H and O–H groups in total. The molecule has 0 saturated heterocycles. The van der Waals surface area contributed by atoms with Crippen molar-refractivity contribution in [3.8, 4) is 0 Å². The second-order valence-electron chi connectivity index (χ2n) is 4.20. The fourth-order valence-corrected chi connectivity index (χ4v) is 1.56. The van der Waals surface area contributed by atoms with Gasteiger partial charge in [-0.1, -0.05) is 0 Å². The fraction of sp³-hybridized carbons (Fsp3) is 0.385. The first kappa shape index (κ1) is 18.0. The van der Waals surface area contributed by atoms with Crippen molar-refractivity contribution in [2.75, 3.05) is 6.61 Å². The zero-order valence-electron chi connectivity index (χ0n) is 11.1. The van der Waals surface area contributed by atoms with Gasteiger partial charge in [0.05, 0.1) is 17.7 Å². The molecule has 0 bridgehead atoms. The molecular formula is C13H10F6O3. The standard InChI is InChI=1S/C13H10F6O3/c1-2-22-11(21)6-10(20)7-3-8(12(14,15)16)5-9(4-7)13(17,18)19/h3-5H,2,6H2,1H3. The van der Waals surface area contributed by atoms with E-state index in [9.17, 15) is 35.9 Å². The molecule has 9 heteroatoms. The molecule has 0 heterocycles. The van der Waals surface area contributed by atoms with Crippen LogP contribution in [0.3, 0.4) is 0 Å². The summed E-state index contributed by atoms with van der Waals surface area (Å²) in [6.45, 7) is 1.37. The highest BCUT2D eigenvalue weighted by Crippen LogP contribution is 2.36. The number of rotatable bonds is 4. The highest BCUT2D eigenvalue weighted by Gasteiger charge is 2.37. The van der Waals surface area contributed by atoms with E-state index in [0.29, 0.717) is 0 Å². The van der Waals surface area contributed by atoms with E-state index in [4.69, 9.17) is 0 Å². The van der Waals surface area contributed by atoms with Crippen LogP contribution >= 0.6 is 0 Å². The van der Waals surface area contributed by atoms with E-state index in [0.717, 1.165) is 0 Å². The van der Waals surface area contributed by atoms with Crippen LogP contribution in [0.5, 0.6) is 0 Å². The number of hydrogen-bond donors (Lipinski definition) is 0. The van der Waals surface area contributed by atoms with Gasteiger partial charge in [0.25, 0.3) is 0 Å². The van der Waals surface area contributed by atoms with Crippen molar-refractivity contribution >= 4 is 11.8 Å². The van der Waals surface area contributed by atoms with Crippen molar-refractivity contribution in [3.63, 3.8) is 0 Å². The largest absolute Gasteiger partial charge is 0.466 e. The molecule has 0 aliphatic carbocycles. The predicted octanol–water partition coefficient (Wildman–Crippen LogP) is 3.86. The zero-order valence-corrected chi connectivity index (χ0v) is 11.1. The fourth-order valence-electron chi connectivity index (χ4n) is 1.56. The number of esters is 1. The summed E-state index contributed by atoms with van der Waals surface area (Å²) in [6, 6.07) is 0.453. The first-order valence-corrected chi connectivity index (χ1v) is 5.93. The average molecular weight is 328 g/mol. The Labute approximate surface area is 120 Å². The predicted molar refractivity (Wildman–Crippen MR) is 62.0 cm³/mol. The van der Waals surface area contributed by atoms with Crippen LogP contribution in [-0.4, -0.2) is 18.4 Å². The van der Waals surface area contributed by atoms with Crippen molar-refractivity contribution < 1.29 is 40.7 Å². The Kier molecular flexibility index (Phi) is 5.21. The summed E-state index contributed by atoms with van der Waals surface area (Å²) in [5.41, 5.74) is -4.08. The molecule has 1 aromatic rings. The van der Waals surface area contributed by atoms with Gasteiger partial charge >= 0.3 is 18.3 Å². The van der Waals surface area contributed by atoms with E-state index in [1.807, 2.05) is 0 Å². The average Bonchev–Trinajstić information content (AvgIpc) is 2.36. The molecule has 0 aliphatic rings. The molecule has 0 aromatic heterocycles. The number of ketones is 1. The summed E-state index contributed by atoms with van der Waals surface area (Å²) in [5, 5.41) is 0. The van der Waals surface area contributed by atoms with E-state index >= 15 is 0 Å². The normalized spacial score (nSPS) is 12.1. The lowest BCUT2D eigenvalue weighted by Gasteiger charge is -2.13. The van der Waals surface area contributed by atoms with Gasteiger partial charge in [-0.3, -0.25) is 9.59 Å². The third kappa shape index (κ3) is 4.74. The maximum absolute atomic E-state index is 12.6. The quantitative estimate of drug-likeness (QED) is 0.365. The molecule has 0 atom stereocenters. The number of halogens is 6. The maximum Gasteiger partial charge on any atom is 0.416 e.